The molecule has 1 aromatic carbocycles. The zero-order chi connectivity index (χ0) is 13.5. The van der Waals surface area contributed by atoms with Crippen molar-refractivity contribution in [1.29, 1.82) is 0 Å². The van der Waals surface area contributed by atoms with Gasteiger partial charge in [0.1, 0.15) is 0 Å². The van der Waals surface area contributed by atoms with Crippen LogP contribution in [0.3, 0.4) is 0 Å². The Morgan fingerprint density at radius 3 is 2.22 bits per heavy atom. The molecule has 0 unspecified atom stereocenters. The van der Waals surface area contributed by atoms with Crippen LogP contribution in [-0.4, -0.2) is 41.1 Å². The van der Waals surface area contributed by atoms with E-state index in [0.717, 1.165) is 12.8 Å². The quantitative estimate of drug-likeness (QED) is 0.727. The summed E-state index contributed by atoms with van der Waals surface area (Å²) in [7, 11) is -1.62. The van der Waals surface area contributed by atoms with Crippen molar-refractivity contribution < 1.29 is 14.8 Å². The molecule has 0 saturated heterocycles. The molecule has 0 spiro atoms. The molecule has 18 heavy (non-hydrogen) atoms. The van der Waals surface area contributed by atoms with Crippen LogP contribution in [0.1, 0.15) is 37.0 Å². The number of carbonyl (C=O) groups excluding carboxylic acids is 1. The molecular weight excluding hydrogens is 229 g/mol. The molecule has 1 rings (SSSR count). The van der Waals surface area contributed by atoms with Gasteiger partial charge in [0.15, 0.2) is 0 Å². The Morgan fingerprint density at radius 2 is 1.72 bits per heavy atom. The average Bonchev–Trinajstić information content (AvgIpc) is 2.37. The number of amides is 1. The lowest BCUT2D eigenvalue weighted by atomic mass is 9.76. The lowest BCUT2D eigenvalue weighted by Gasteiger charge is -2.22. The van der Waals surface area contributed by atoms with Gasteiger partial charge >= 0.3 is 7.12 Å². The van der Waals surface area contributed by atoms with Crippen LogP contribution in [0.4, 0.5) is 0 Å². The van der Waals surface area contributed by atoms with Crippen LogP contribution in [-0.2, 0) is 0 Å². The van der Waals surface area contributed by atoms with E-state index in [-0.39, 0.29) is 11.4 Å². The predicted molar refractivity (Wildman–Crippen MR) is 72.8 cm³/mol. The minimum atomic E-state index is -1.62. The summed E-state index contributed by atoms with van der Waals surface area (Å²) >= 11 is 0. The molecule has 2 N–H and O–H groups in total. The Labute approximate surface area is 108 Å². The Balaban J connectivity index is 3.00. The van der Waals surface area contributed by atoms with E-state index in [9.17, 15) is 14.8 Å². The zero-order valence-corrected chi connectivity index (χ0v) is 11.0. The number of hydrogen-bond donors (Lipinski definition) is 2. The molecule has 0 radical (unpaired) electrons. The van der Waals surface area contributed by atoms with Crippen molar-refractivity contribution in [2.75, 3.05) is 13.1 Å². The fraction of sp³-hybridized carbons (Fsp3) is 0.462. The van der Waals surface area contributed by atoms with Crippen molar-refractivity contribution in [2.24, 2.45) is 0 Å². The number of rotatable bonds is 6. The predicted octanol–water partition coefficient (Wildman–Crippen LogP) is 0.629. The first kappa shape index (κ1) is 14.7. The molecular formula is C13H20BNO3. The van der Waals surface area contributed by atoms with E-state index in [0.29, 0.717) is 18.7 Å². The summed E-state index contributed by atoms with van der Waals surface area (Å²) < 4.78 is 0. The van der Waals surface area contributed by atoms with Crippen molar-refractivity contribution >= 4 is 18.5 Å². The van der Waals surface area contributed by atoms with Gasteiger partial charge in [0.25, 0.3) is 5.91 Å². The molecule has 0 bridgehead atoms. The summed E-state index contributed by atoms with van der Waals surface area (Å²) in [6.45, 7) is 5.40. The first-order chi connectivity index (χ1) is 8.61. The SMILES string of the molecule is CCCN(CCC)C(=O)c1ccccc1B(O)O. The Morgan fingerprint density at radius 1 is 1.17 bits per heavy atom. The maximum Gasteiger partial charge on any atom is 0.489 e. The first-order valence-corrected chi connectivity index (χ1v) is 6.36. The van der Waals surface area contributed by atoms with Crippen molar-refractivity contribution in [3.05, 3.63) is 29.8 Å². The fourth-order valence-electron chi connectivity index (χ4n) is 1.94. The summed E-state index contributed by atoms with van der Waals surface area (Å²) in [4.78, 5) is 14.1. The molecule has 0 aliphatic carbocycles. The van der Waals surface area contributed by atoms with Gasteiger partial charge < -0.3 is 14.9 Å². The summed E-state index contributed by atoms with van der Waals surface area (Å²) in [6, 6.07) is 6.62. The minimum absolute atomic E-state index is 0.137. The topological polar surface area (TPSA) is 60.8 Å². The van der Waals surface area contributed by atoms with Crippen LogP contribution in [0.25, 0.3) is 0 Å². The van der Waals surface area contributed by atoms with Crippen LogP contribution in [0.2, 0.25) is 0 Å². The van der Waals surface area contributed by atoms with Gasteiger partial charge in [-0.15, -0.1) is 0 Å². The fourth-order valence-corrected chi connectivity index (χ4v) is 1.94. The highest BCUT2D eigenvalue weighted by molar-refractivity contribution is 6.60. The highest BCUT2D eigenvalue weighted by Crippen LogP contribution is 2.05. The third-order valence-corrected chi connectivity index (χ3v) is 2.74. The van der Waals surface area contributed by atoms with Crippen LogP contribution < -0.4 is 5.46 Å². The molecule has 0 atom stereocenters. The van der Waals surface area contributed by atoms with Gasteiger partial charge in [-0.05, 0) is 24.4 Å². The normalized spacial score (nSPS) is 10.2. The second-order valence-corrected chi connectivity index (χ2v) is 4.25. The molecule has 0 aliphatic rings. The largest absolute Gasteiger partial charge is 0.489 e. The maximum absolute atomic E-state index is 12.4. The van der Waals surface area contributed by atoms with Crippen LogP contribution in [0.5, 0.6) is 0 Å². The summed E-state index contributed by atoms with van der Waals surface area (Å²) in [5, 5.41) is 18.6. The van der Waals surface area contributed by atoms with E-state index >= 15 is 0 Å². The molecule has 5 heteroatoms. The van der Waals surface area contributed by atoms with E-state index < -0.39 is 7.12 Å². The second kappa shape index (κ2) is 7.19. The number of nitrogens with zero attached hydrogens (tertiary/aromatic N) is 1. The summed E-state index contributed by atoms with van der Waals surface area (Å²) in [5.41, 5.74) is 0.633. The maximum atomic E-state index is 12.4. The molecule has 1 amide bonds. The van der Waals surface area contributed by atoms with Crippen LogP contribution in [0, 0.1) is 0 Å². The lowest BCUT2D eigenvalue weighted by molar-refractivity contribution is 0.0756. The van der Waals surface area contributed by atoms with Crippen molar-refractivity contribution in [3.63, 3.8) is 0 Å². The van der Waals surface area contributed by atoms with Gasteiger partial charge in [0.2, 0.25) is 0 Å². The monoisotopic (exact) mass is 249 g/mol. The van der Waals surface area contributed by atoms with Gasteiger partial charge in [0, 0.05) is 18.7 Å². The van der Waals surface area contributed by atoms with E-state index in [2.05, 4.69) is 0 Å². The third kappa shape index (κ3) is 3.58. The molecule has 0 aromatic heterocycles. The van der Waals surface area contributed by atoms with Crippen LogP contribution in [0.15, 0.2) is 24.3 Å². The zero-order valence-electron chi connectivity index (χ0n) is 11.0. The van der Waals surface area contributed by atoms with Gasteiger partial charge in [-0.1, -0.05) is 32.0 Å². The van der Waals surface area contributed by atoms with Crippen molar-refractivity contribution in [2.45, 2.75) is 26.7 Å². The molecule has 0 fully saturated rings. The molecule has 0 heterocycles. The molecule has 4 nitrogen and oxygen atoms in total. The standard InChI is InChI=1S/C13H20BNO3/c1-3-9-15(10-4-2)13(16)11-7-5-6-8-12(11)14(17)18/h5-8,17-18H,3-4,9-10H2,1-2H3. The van der Waals surface area contributed by atoms with Gasteiger partial charge in [-0.25, -0.2) is 0 Å². The Kier molecular flexibility index (Phi) is 5.88. The van der Waals surface area contributed by atoms with E-state index in [4.69, 9.17) is 0 Å². The molecule has 0 saturated carbocycles. The summed E-state index contributed by atoms with van der Waals surface area (Å²) in [6.07, 6.45) is 1.77. The number of benzene rings is 1. The summed E-state index contributed by atoms with van der Waals surface area (Å²) in [5.74, 6) is -0.137. The average molecular weight is 249 g/mol. The van der Waals surface area contributed by atoms with Gasteiger partial charge in [0.05, 0.1) is 0 Å². The molecule has 1 aromatic rings. The Bertz CT molecular complexity index is 390. The molecule has 98 valence electrons. The third-order valence-electron chi connectivity index (χ3n) is 2.74. The van der Waals surface area contributed by atoms with E-state index in [1.54, 1.807) is 29.2 Å². The first-order valence-electron chi connectivity index (χ1n) is 6.36. The van der Waals surface area contributed by atoms with Crippen LogP contribution >= 0.6 is 0 Å². The minimum Gasteiger partial charge on any atom is -0.423 e. The van der Waals surface area contributed by atoms with Gasteiger partial charge in [-0.2, -0.15) is 0 Å². The second-order valence-electron chi connectivity index (χ2n) is 4.25. The highest BCUT2D eigenvalue weighted by atomic mass is 16.4. The number of hydrogen-bond acceptors (Lipinski definition) is 3. The smallest absolute Gasteiger partial charge is 0.423 e. The van der Waals surface area contributed by atoms with E-state index in [1.807, 2.05) is 13.8 Å². The van der Waals surface area contributed by atoms with Crippen molar-refractivity contribution in [1.82, 2.24) is 4.90 Å². The van der Waals surface area contributed by atoms with Crippen molar-refractivity contribution in [3.8, 4) is 0 Å². The molecule has 0 aliphatic heterocycles. The Hall–Kier alpha value is -1.33. The van der Waals surface area contributed by atoms with E-state index in [1.165, 1.54) is 0 Å². The van der Waals surface area contributed by atoms with Gasteiger partial charge in [-0.3, -0.25) is 4.79 Å². The number of carbonyl (C=O) groups is 1. The highest BCUT2D eigenvalue weighted by Gasteiger charge is 2.22. The lowest BCUT2D eigenvalue weighted by Crippen LogP contribution is -2.40.